The molecular formula is C18H28N4O2. The van der Waals surface area contributed by atoms with Crippen LogP contribution in [0.5, 0.6) is 5.75 Å². The molecule has 1 aliphatic rings. The Morgan fingerprint density at radius 3 is 2.79 bits per heavy atom. The van der Waals surface area contributed by atoms with Crippen LogP contribution in [0.3, 0.4) is 0 Å². The van der Waals surface area contributed by atoms with Crippen molar-refractivity contribution in [3.8, 4) is 5.75 Å². The minimum atomic E-state index is 0.0646. The molecule has 0 aliphatic carbocycles. The van der Waals surface area contributed by atoms with Crippen LogP contribution in [0.1, 0.15) is 32.3 Å². The van der Waals surface area contributed by atoms with Crippen molar-refractivity contribution in [1.29, 1.82) is 0 Å². The van der Waals surface area contributed by atoms with Crippen LogP contribution in [-0.4, -0.2) is 44.1 Å². The standard InChI is InChI=1S/C18H28N4O2/c1-3-10-20-17(23)9-11-21-18(19-4-2)22-13-15-12-14-7-5-6-8-16(14)24-15/h5-8,15H,3-4,9-13H2,1-2H3,(H,20,23)(H2,19,21,22). The highest BCUT2D eigenvalue weighted by Crippen LogP contribution is 2.28. The number of benzene rings is 1. The smallest absolute Gasteiger partial charge is 0.221 e. The molecule has 1 aromatic rings. The number of carbonyl (C=O) groups is 1. The lowest BCUT2D eigenvalue weighted by Crippen LogP contribution is -2.40. The highest BCUT2D eigenvalue weighted by Gasteiger charge is 2.21. The normalized spacial score (nSPS) is 16.2. The summed E-state index contributed by atoms with van der Waals surface area (Å²) < 4.78 is 5.90. The molecule has 0 spiro atoms. The monoisotopic (exact) mass is 332 g/mol. The van der Waals surface area contributed by atoms with E-state index in [1.807, 2.05) is 32.0 Å². The number of carbonyl (C=O) groups excluding carboxylic acids is 1. The molecule has 1 aromatic carbocycles. The second-order valence-corrected chi connectivity index (χ2v) is 5.80. The molecule has 1 heterocycles. The van der Waals surface area contributed by atoms with E-state index in [4.69, 9.17) is 4.74 Å². The van der Waals surface area contributed by atoms with Gasteiger partial charge in [0, 0.05) is 32.5 Å². The van der Waals surface area contributed by atoms with Crippen molar-refractivity contribution in [3.05, 3.63) is 29.8 Å². The second-order valence-electron chi connectivity index (χ2n) is 5.80. The van der Waals surface area contributed by atoms with Crippen LogP contribution in [0, 0.1) is 0 Å². The molecule has 0 saturated carbocycles. The predicted molar refractivity (Wildman–Crippen MR) is 96.5 cm³/mol. The van der Waals surface area contributed by atoms with Gasteiger partial charge in [0.2, 0.25) is 5.91 Å². The second kappa shape index (κ2) is 9.80. The number of fused-ring (bicyclic) bond motifs is 1. The lowest BCUT2D eigenvalue weighted by Gasteiger charge is -2.13. The van der Waals surface area contributed by atoms with Crippen molar-refractivity contribution in [2.24, 2.45) is 4.99 Å². The molecule has 24 heavy (non-hydrogen) atoms. The number of hydrogen-bond donors (Lipinski definition) is 3. The van der Waals surface area contributed by atoms with Crippen LogP contribution < -0.4 is 20.7 Å². The van der Waals surface area contributed by atoms with Crippen LogP contribution in [0.2, 0.25) is 0 Å². The van der Waals surface area contributed by atoms with E-state index in [0.717, 1.165) is 37.6 Å². The Balaban J connectivity index is 1.76. The molecule has 3 N–H and O–H groups in total. The minimum Gasteiger partial charge on any atom is -0.488 e. The van der Waals surface area contributed by atoms with Gasteiger partial charge >= 0.3 is 0 Å². The van der Waals surface area contributed by atoms with Crippen LogP contribution in [-0.2, 0) is 11.2 Å². The molecule has 2 rings (SSSR count). The van der Waals surface area contributed by atoms with Crippen LogP contribution in [0.4, 0.5) is 0 Å². The number of nitrogens with zero attached hydrogens (tertiary/aromatic N) is 1. The molecule has 132 valence electrons. The van der Waals surface area contributed by atoms with Crippen molar-refractivity contribution in [2.45, 2.75) is 39.2 Å². The summed E-state index contributed by atoms with van der Waals surface area (Å²) in [6.45, 7) is 6.72. The molecule has 6 nitrogen and oxygen atoms in total. The summed E-state index contributed by atoms with van der Waals surface area (Å²) in [4.78, 5) is 16.2. The van der Waals surface area contributed by atoms with Crippen molar-refractivity contribution in [1.82, 2.24) is 16.0 Å². The Labute approximate surface area is 144 Å². The molecule has 0 radical (unpaired) electrons. The first kappa shape index (κ1) is 18.1. The van der Waals surface area contributed by atoms with Gasteiger partial charge in [0.15, 0.2) is 5.96 Å². The molecule has 1 unspecified atom stereocenters. The third-order valence-electron chi connectivity index (χ3n) is 3.73. The molecule has 1 aliphatic heterocycles. The number of guanidine groups is 1. The minimum absolute atomic E-state index is 0.0646. The van der Waals surface area contributed by atoms with Crippen molar-refractivity contribution in [2.75, 3.05) is 26.2 Å². The average Bonchev–Trinajstić information content (AvgIpc) is 3.00. The Morgan fingerprint density at radius 2 is 2.04 bits per heavy atom. The molecule has 1 amide bonds. The number of para-hydroxylation sites is 1. The summed E-state index contributed by atoms with van der Waals surface area (Å²) in [5.41, 5.74) is 1.24. The molecular weight excluding hydrogens is 304 g/mol. The van der Waals surface area contributed by atoms with Crippen LogP contribution in [0.15, 0.2) is 29.3 Å². The van der Waals surface area contributed by atoms with Gasteiger partial charge in [-0.2, -0.15) is 0 Å². The summed E-state index contributed by atoms with van der Waals surface area (Å²) in [6, 6.07) is 8.11. The highest BCUT2D eigenvalue weighted by molar-refractivity contribution is 5.81. The number of hydrogen-bond acceptors (Lipinski definition) is 3. The maximum Gasteiger partial charge on any atom is 0.221 e. The van der Waals surface area contributed by atoms with E-state index < -0.39 is 0 Å². The summed E-state index contributed by atoms with van der Waals surface area (Å²) >= 11 is 0. The van der Waals surface area contributed by atoms with Crippen molar-refractivity contribution < 1.29 is 9.53 Å². The topological polar surface area (TPSA) is 74.8 Å². The quantitative estimate of drug-likeness (QED) is 0.498. The molecule has 0 saturated heterocycles. The molecule has 6 heteroatoms. The first-order valence-corrected chi connectivity index (χ1v) is 8.76. The highest BCUT2D eigenvalue weighted by atomic mass is 16.5. The third kappa shape index (κ3) is 5.76. The van der Waals surface area contributed by atoms with E-state index >= 15 is 0 Å². The Bertz CT molecular complexity index is 535. The number of ether oxygens (including phenoxy) is 1. The summed E-state index contributed by atoms with van der Waals surface area (Å²) in [6.07, 6.45) is 2.35. The lowest BCUT2D eigenvalue weighted by atomic mass is 10.1. The maximum absolute atomic E-state index is 11.6. The number of amides is 1. The fourth-order valence-electron chi connectivity index (χ4n) is 2.54. The Kier molecular flexibility index (Phi) is 7.39. The van der Waals surface area contributed by atoms with Gasteiger partial charge in [-0.15, -0.1) is 0 Å². The summed E-state index contributed by atoms with van der Waals surface area (Å²) in [5.74, 6) is 1.75. The van der Waals surface area contributed by atoms with E-state index in [0.29, 0.717) is 19.5 Å². The largest absolute Gasteiger partial charge is 0.488 e. The zero-order valence-electron chi connectivity index (χ0n) is 14.6. The predicted octanol–water partition coefficient (Wildman–Crippen LogP) is 1.46. The van der Waals surface area contributed by atoms with E-state index in [-0.39, 0.29) is 12.0 Å². The first-order valence-electron chi connectivity index (χ1n) is 8.76. The van der Waals surface area contributed by atoms with Gasteiger partial charge in [0.05, 0.1) is 6.54 Å². The van der Waals surface area contributed by atoms with Crippen molar-refractivity contribution >= 4 is 11.9 Å². The molecule has 0 bridgehead atoms. The zero-order chi connectivity index (χ0) is 17.2. The average molecular weight is 332 g/mol. The van der Waals surface area contributed by atoms with Gasteiger partial charge in [-0.1, -0.05) is 25.1 Å². The zero-order valence-corrected chi connectivity index (χ0v) is 14.6. The molecule has 0 aromatic heterocycles. The summed E-state index contributed by atoms with van der Waals surface area (Å²) in [5, 5.41) is 9.26. The Hall–Kier alpha value is -2.24. The lowest BCUT2D eigenvalue weighted by molar-refractivity contribution is -0.120. The molecule has 0 fully saturated rings. The van der Waals surface area contributed by atoms with Gasteiger partial charge in [-0.25, -0.2) is 4.99 Å². The van der Waals surface area contributed by atoms with Crippen molar-refractivity contribution in [3.63, 3.8) is 0 Å². The number of rotatable bonds is 8. The van der Waals surface area contributed by atoms with Gasteiger partial charge in [0.1, 0.15) is 11.9 Å². The molecule has 1 atom stereocenters. The van der Waals surface area contributed by atoms with Crippen LogP contribution >= 0.6 is 0 Å². The number of nitrogens with one attached hydrogen (secondary N) is 3. The van der Waals surface area contributed by atoms with E-state index in [9.17, 15) is 4.79 Å². The van der Waals surface area contributed by atoms with Gasteiger partial charge in [0.25, 0.3) is 0 Å². The van der Waals surface area contributed by atoms with E-state index in [1.165, 1.54) is 5.56 Å². The van der Waals surface area contributed by atoms with Crippen LogP contribution in [0.25, 0.3) is 0 Å². The third-order valence-corrected chi connectivity index (χ3v) is 3.73. The first-order chi connectivity index (χ1) is 11.7. The van der Waals surface area contributed by atoms with E-state index in [2.05, 4.69) is 27.0 Å². The maximum atomic E-state index is 11.6. The SMILES string of the molecule is CCCNC(=O)CCNC(=NCC1Cc2ccccc2O1)NCC. The van der Waals surface area contributed by atoms with Gasteiger partial charge < -0.3 is 20.7 Å². The number of aliphatic imine (C=N–C) groups is 1. The van der Waals surface area contributed by atoms with Gasteiger partial charge in [-0.05, 0) is 25.0 Å². The fraction of sp³-hybridized carbons (Fsp3) is 0.556. The summed E-state index contributed by atoms with van der Waals surface area (Å²) in [7, 11) is 0. The van der Waals surface area contributed by atoms with E-state index in [1.54, 1.807) is 0 Å². The van der Waals surface area contributed by atoms with Gasteiger partial charge in [-0.3, -0.25) is 4.79 Å². The fourth-order valence-corrected chi connectivity index (χ4v) is 2.54. The Morgan fingerprint density at radius 1 is 1.21 bits per heavy atom.